The van der Waals surface area contributed by atoms with Crippen molar-refractivity contribution in [3.63, 3.8) is 0 Å². The summed E-state index contributed by atoms with van der Waals surface area (Å²) in [6, 6.07) is 4.80. The second-order valence-corrected chi connectivity index (χ2v) is 3.71. The van der Waals surface area contributed by atoms with Gasteiger partial charge in [-0.1, -0.05) is 0 Å². The maximum absolute atomic E-state index is 10.9. The number of fused-ring (bicyclic) bond motifs is 3. The summed E-state index contributed by atoms with van der Waals surface area (Å²) in [7, 11) is 0. The minimum Gasteiger partial charge on any atom is -0.478 e. The lowest BCUT2D eigenvalue weighted by atomic mass is 10.2. The number of hydrogen-bond acceptors (Lipinski definition) is 4. The van der Waals surface area contributed by atoms with E-state index >= 15 is 0 Å². The Morgan fingerprint density at radius 3 is 2.94 bits per heavy atom. The molecule has 0 saturated carbocycles. The molecule has 17 heavy (non-hydrogen) atoms. The van der Waals surface area contributed by atoms with Gasteiger partial charge in [-0.2, -0.15) is 0 Å². The Labute approximate surface area is 95.5 Å². The first-order valence-electron chi connectivity index (χ1n) is 5.00. The minimum absolute atomic E-state index is 0.218. The summed E-state index contributed by atoms with van der Waals surface area (Å²) in [5.74, 6) is -0.218. The molecule has 0 aliphatic carbocycles. The van der Waals surface area contributed by atoms with Gasteiger partial charge < -0.3 is 5.11 Å². The SMILES string of the molecule is Cc1nnc2cnc3cc(C(=O)O)ccc3n12. The molecular weight excluding hydrogens is 220 g/mol. The maximum atomic E-state index is 10.9. The highest BCUT2D eigenvalue weighted by atomic mass is 16.4. The molecular formula is C11H8N4O2. The summed E-state index contributed by atoms with van der Waals surface area (Å²) >= 11 is 0. The molecule has 0 fully saturated rings. The van der Waals surface area contributed by atoms with Gasteiger partial charge in [0.1, 0.15) is 5.82 Å². The average Bonchev–Trinajstić information content (AvgIpc) is 2.70. The van der Waals surface area contributed by atoms with E-state index in [4.69, 9.17) is 5.11 Å². The van der Waals surface area contributed by atoms with Crippen LogP contribution in [0.3, 0.4) is 0 Å². The molecule has 84 valence electrons. The number of benzene rings is 1. The number of carboxylic acid groups (broad SMARTS) is 1. The standard InChI is InChI=1S/C11H8N4O2/c1-6-13-14-10-5-12-8-4-7(11(16)17)2-3-9(8)15(6)10/h2-5H,1H3,(H,16,17). The van der Waals surface area contributed by atoms with E-state index in [1.807, 2.05) is 11.3 Å². The van der Waals surface area contributed by atoms with Crippen molar-refractivity contribution in [1.29, 1.82) is 0 Å². The number of aryl methyl sites for hydroxylation is 1. The van der Waals surface area contributed by atoms with Crippen LogP contribution in [0, 0.1) is 6.92 Å². The second kappa shape index (κ2) is 3.24. The molecule has 6 nitrogen and oxygen atoms in total. The molecule has 0 aliphatic rings. The molecule has 2 heterocycles. The van der Waals surface area contributed by atoms with Crippen LogP contribution in [0.2, 0.25) is 0 Å². The number of hydrogen-bond donors (Lipinski definition) is 1. The smallest absolute Gasteiger partial charge is 0.335 e. The van der Waals surface area contributed by atoms with Gasteiger partial charge in [-0.25, -0.2) is 4.79 Å². The van der Waals surface area contributed by atoms with Gasteiger partial charge in [-0.15, -0.1) is 10.2 Å². The van der Waals surface area contributed by atoms with Crippen molar-refractivity contribution in [3.05, 3.63) is 35.8 Å². The first-order chi connectivity index (χ1) is 8.16. The number of aromatic carboxylic acids is 1. The minimum atomic E-state index is -0.964. The third-order valence-electron chi connectivity index (χ3n) is 2.63. The van der Waals surface area contributed by atoms with Crippen LogP contribution in [0.25, 0.3) is 16.7 Å². The van der Waals surface area contributed by atoms with Crippen molar-refractivity contribution in [2.24, 2.45) is 0 Å². The van der Waals surface area contributed by atoms with E-state index in [9.17, 15) is 4.79 Å². The fourth-order valence-electron chi connectivity index (χ4n) is 1.84. The van der Waals surface area contributed by atoms with Gasteiger partial charge >= 0.3 is 5.97 Å². The highest BCUT2D eigenvalue weighted by Crippen LogP contribution is 2.16. The number of carboxylic acids is 1. The van der Waals surface area contributed by atoms with Gasteiger partial charge in [-0.05, 0) is 25.1 Å². The average molecular weight is 228 g/mol. The molecule has 3 aromatic rings. The van der Waals surface area contributed by atoms with Crippen LogP contribution < -0.4 is 0 Å². The molecule has 6 heteroatoms. The van der Waals surface area contributed by atoms with E-state index < -0.39 is 5.97 Å². The molecule has 0 radical (unpaired) electrons. The van der Waals surface area contributed by atoms with Crippen LogP contribution in [0.4, 0.5) is 0 Å². The van der Waals surface area contributed by atoms with Crippen LogP contribution in [-0.2, 0) is 0 Å². The molecule has 1 aromatic carbocycles. The first-order valence-corrected chi connectivity index (χ1v) is 5.00. The lowest BCUT2D eigenvalue weighted by Gasteiger charge is -2.02. The zero-order valence-electron chi connectivity index (χ0n) is 8.95. The maximum Gasteiger partial charge on any atom is 0.335 e. The molecule has 0 atom stereocenters. The number of rotatable bonds is 1. The van der Waals surface area contributed by atoms with Crippen LogP contribution in [0.1, 0.15) is 16.2 Å². The van der Waals surface area contributed by atoms with Crippen molar-refractivity contribution in [3.8, 4) is 0 Å². The fraction of sp³-hybridized carbons (Fsp3) is 0.0909. The predicted molar refractivity (Wildman–Crippen MR) is 60.0 cm³/mol. The summed E-state index contributed by atoms with van der Waals surface area (Å²) in [4.78, 5) is 15.0. The summed E-state index contributed by atoms with van der Waals surface area (Å²) in [6.07, 6.45) is 1.58. The highest BCUT2D eigenvalue weighted by molar-refractivity contribution is 5.92. The van der Waals surface area contributed by atoms with Gasteiger partial charge in [0.15, 0.2) is 5.65 Å². The van der Waals surface area contributed by atoms with E-state index in [0.29, 0.717) is 11.2 Å². The Bertz CT molecular complexity index is 748. The topological polar surface area (TPSA) is 80.4 Å². The fourth-order valence-corrected chi connectivity index (χ4v) is 1.84. The third-order valence-corrected chi connectivity index (χ3v) is 2.63. The van der Waals surface area contributed by atoms with Gasteiger partial charge in [0.05, 0.1) is 22.8 Å². The van der Waals surface area contributed by atoms with E-state index in [0.717, 1.165) is 11.3 Å². The molecule has 0 saturated heterocycles. The highest BCUT2D eigenvalue weighted by Gasteiger charge is 2.09. The van der Waals surface area contributed by atoms with Crippen LogP contribution in [0.5, 0.6) is 0 Å². The Morgan fingerprint density at radius 1 is 1.35 bits per heavy atom. The molecule has 0 spiro atoms. The Hall–Kier alpha value is -2.50. The molecule has 0 amide bonds. The molecule has 1 N–H and O–H groups in total. The number of carbonyl (C=O) groups is 1. The molecule has 0 bridgehead atoms. The van der Waals surface area contributed by atoms with Gasteiger partial charge in [0, 0.05) is 0 Å². The first kappa shape index (κ1) is 9.71. The lowest BCUT2D eigenvalue weighted by molar-refractivity contribution is 0.0697. The third kappa shape index (κ3) is 1.34. The summed E-state index contributed by atoms with van der Waals surface area (Å²) in [5, 5.41) is 16.8. The van der Waals surface area contributed by atoms with Gasteiger partial charge in [-0.3, -0.25) is 9.38 Å². The molecule has 0 unspecified atom stereocenters. The van der Waals surface area contributed by atoms with E-state index in [2.05, 4.69) is 15.2 Å². The Kier molecular flexibility index (Phi) is 1.85. The summed E-state index contributed by atoms with van der Waals surface area (Å²) in [6.45, 7) is 1.84. The quantitative estimate of drug-likeness (QED) is 0.678. The van der Waals surface area contributed by atoms with Crippen molar-refractivity contribution < 1.29 is 9.90 Å². The number of aromatic nitrogens is 4. The van der Waals surface area contributed by atoms with E-state index in [1.54, 1.807) is 18.3 Å². The van der Waals surface area contributed by atoms with Crippen LogP contribution in [-0.4, -0.2) is 30.7 Å². The Morgan fingerprint density at radius 2 is 2.18 bits per heavy atom. The molecule has 2 aromatic heterocycles. The monoisotopic (exact) mass is 228 g/mol. The van der Waals surface area contributed by atoms with Crippen LogP contribution in [0.15, 0.2) is 24.4 Å². The van der Waals surface area contributed by atoms with Crippen molar-refractivity contribution in [1.82, 2.24) is 19.6 Å². The van der Waals surface area contributed by atoms with Gasteiger partial charge in [0.2, 0.25) is 0 Å². The van der Waals surface area contributed by atoms with Crippen molar-refractivity contribution in [2.75, 3.05) is 0 Å². The largest absolute Gasteiger partial charge is 0.478 e. The summed E-state index contributed by atoms with van der Waals surface area (Å²) < 4.78 is 1.84. The molecule has 3 rings (SSSR count). The lowest BCUT2D eigenvalue weighted by Crippen LogP contribution is -1.98. The predicted octanol–water partition coefficient (Wildman–Crippen LogP) is 1.28. The summed E-state index contributed by atoms with van der Waals surface area (Å²) in [5.41, 5.74) is 2.28. The zero-order valence-corrected chi connectivity index (χ0v) is 8.95. The second-order valence-electron chi connectivity index (χ2n) is 3.71. The molecule has 0 aliphatic heterocycles. The van der Waals surface area contributed by atoms with Crippen molar-refractivity contribution >= 4 is 22.6 Å². The van der Waals surface area contributed by atoms with Crippen molar-refractivity contribution in [2.45, 2.75) is 6.92 Å². The van der Waals surface area contributed by atoms with E-state index in [-0.39, 0.29) is 5.56 Å². The van der Waals surface area contributed by atoms with Crippen LogP contribution >= 0.6 is 0 Å². The number of nitrogens with zero attached hydrogens (tertiary/aromatic N) is 4. The Balaban J connectivity index is 2.44. The van der Waals surface area contributed by atoms with E-state index in [1.165, 1.54) is 6.07 Å². The normalized spacial score (nSPS) is 11.1. The zero-order chi connectivity index (χ0) is 12.0. The van der Waals surface area contributed by atoms with Gasteiger partial charge in [0.25, 0.3) is 0 Å².